The average molecular weight is 271 g/mol. The Bertz CT molecular complexity index is 415. The molecular formula is C9H17N7O3. The second kappa shape index (κ2) is 7.87. The highest BCUT2D eigenvalue weighted by atomic mass is 16.5. The molecule has 0 unspecified atom stereocenters. The predicted molar refractivity (Wildman–Crippen MR) is 67.4 cm³/mol. The molecule has 0 aliphatic carbocycles. The number of hydrogen-bond acceptors (Lipinski definition) is 9. The van der Waals surface area contributed by atoms with E-state index in [0.29, 0.717) is 13.2 Å². The number of ether oxygens (including phenoxy) is 2. The summed E-state index contributed by atoms with van der Waals surface area (Å²) in [6, 6.07) is 0.156. The molecule has 1 rings (SSSR count). The summed E-state index contributed by atoms with van der Waals surface area (Å²) in [5.41, 5.74) is 7.13. The largest absolute Gasteiger partial charge is 0.463 e. The van der Waals surface area contributed by atoms with E-state index < -0.39 is 6.09 Å². The van der Waals surface area contributed by atoms with Crippen LogP contribution in [0, 0.1) is 0 Å². The Morgan fingerprint density at radius 3 is 2.63 bits per heavy atom. The molecule has 1 heterocycles. The number of rotatable bonds is 8. The fourth-order valence-corrected chi connectivity index (χ4v) is 1.07. The fourth-order valence-electron chi connectivity index (χ4n) is 1.07. The number of hydrazine groups is 1. The van der Waals surface area contributed by atoms with Gasteiger partial charge in [0.15, 0.2) is 0 Å². The molecular weight excluding hydrogens is 254 g/mol. The predicted octanol–water partition coefficient (Wildman–Crippen LogP) is -0.547. The quantitative estimate of drug-likeness (QED) is 0.277. The molecule has 0 aliphatic rings. The summed E-state index contributed by atoms with van der Waals surface area (Å²) in [4.78, 5) is 22.3. The zero-order valence-corrected chi connectivity index (χ0v) is 10.5. The van der Waals surface area contributed by atoms with Crippen molar-refractivity contribution < 1.29 is 14.3 Å². The number of primary amides is 1. The molecule has 1 amide bonds. The zero-order valence-electron chi connectivity index (χ0n) is 10.5. The van der Waals surface area contributed by atoms with Gasteiger partial charge in [0.1, 0.15) is 6.61 Å². The summed E-state index contributed by atoms with van der Waals surface area (Å²) in [5, 5.41) is 2.82. The number of anilines is 2. The van der Waals surface area contributed by atoms with E-state index in [1.165, 1.54) is 0 Å². The van der Waals surface area contributed by atoms with Crippen LogP contribution in [-0.2, 0) is 4.74 Å². The van der Waals surface area contributed by atoms with Crippen LogP contribution in [-0.4, -0.2) is 40.8 Å². The molecule has 0 spiro atoms. The number of carbonyl (C=O) groups is 1. The van der Waals surface area contributed by atoms with Crippen LogP contribution in [0.15, 0.2) is 0 Å². The Labute approximate surface area is 109 Å². The van der Waals surface area contributed by atoms with Gasteiger partial charge in [0.05, 0.1) is 13.2 Å². The second-order valence-electron chi connectivity index (χ2n) is 3.35. The fraction of sp³-hybridized carbons (Fsp3) is 0.556. The van der Waals surface area contributed by atoms with Crippen LogP contribution in [0.5, 0.6) is 6.01 Å². The summed E-state index contributed by atoms with van der Waals surface area (Å²) in [5.74, 6) is 5.66. The minimum atomic E-state index is -0.839. The van der Waals surface area contributed by atoms with E-state index in [-0.39, 0.29) is 24.5 Å². The topological polar surface area (TPSA) is 150 Å². The van der Waals surface area contributed by atoms with Crippen LogP contribution in [0.2, 0.25) is 0 Å². The highest BCUT2D eigenvalue weighted by molar-refractivity contribution is 5.64. The normalized spacial score (nSPS) is 9.79. The summed E-state index contributed by atoms with van der Waals surface area (Å²) in [7, 11) is 0. The van der Waals surface area contributed by atoms with Crippen LogP contribution in [0.1, 0.15) is 13.3 Å². The lowest BCUT2D eigenvalue weighted by molar-refractivity contribution is 0.161. The van der Waals surface area contributed by atoms with Gasteiger partial charge in [0.25, 0.3) is 0 Å². The molecule has 6 N–H and O–H groups in total. The van der Waals surface area contributed by atoms with E-state index in [1.807, 2.05) is 6.92 Å². The zero-order chi connectivity index (χ0) is 14.1. The van der Waals surface area contributed by atoms with Gasteiger partial charge in [-0.25, -0.2) is 10.6 Å². The van der Waals surface area contributed by atoms with Crippen LogP contribution in [0.4, 0.5) is 16.7 Å². The van der Waals surface area contributed by atoms with Gasteiger partial charge in [0, 0.05) is 0 Å². The maximum atomic E-state index is 10.4. The van der Waals surface area contributed by atoms with Crippen molar-refractivity contribution in [2.45, 2.75) is 13.3 Å². The van der Waals surface area contributed by atoms with Crippen LogP contribution in [0.3, 0.4) is 0 Å². The minimum Gasteiger partial charge on any atom is -0.463 e. The van der Waals surface area contributed by atoms with Crippen molar-refractivity contribution in [3.8, 4) is 6.01 Å². The van der Waals surface area contributed by atoms with Crippen molar-refractivity contribution in [1.29, 1.82) is 0 Å². The Balaban J connectivity index is 2.57. The smallest absolute Gasteiger partial charge is 0.404 e. The van der Waals surface area contributed by atoms with Crippen molar-refractivity contribution in [3.63, 3.8) is 0 Å². The number of hydrogen-bond donors (Lipinski definition) is 4. The molecule has 0 saturated carbocycles. The van der Waals surface area contributed by atoms with Gasteiger partial charge < -0.3 is 20.5 Å². The highest BCUT2D eigenvalue weighted by Crippen LogP contribution is 2.10. The first kappa shape index (κ1) is 14.7. The lowest BCUT2D eigenvalue weighted by atomic mass is 10.5. The number of nitrogens with one attached hydrogen (secondary N) is 2. The van der Waals surface area contributed by atoms with Gasteiger partial charge in [-0.15, -0.1) is 0 Å². The summed E-state index contributed by atoms with van der Waals surface area (Å²) in [6.07, 6.45) is -0.0135. The lowest BCUT2D eigenvalue weighted by Crippen LogP contribution is -2.20. The van der Waals surface area contributed by atoms with E-state index in [9.17, 15) is 4.79 Å². The Hall–Kier alpha value is -2.36. The van der Waals surface area contributed by atoms with E-state index in [0.717, 1.165) is 6.42 Å². The molecule has 0 atom stereocenters. The van der Waals surface area contributed by atoms with Crippen LogP contribution >= 0.6 is 0 Å². The van der Waals surface area contributed by atoms with E-state index in [1.54, 1.807) is 0 Å². The Morgan fingerprint density at radius 1 is 1.26 bits per heavy atom. The summed E-state index contributed by atoms with van der Waals surface area (Å²) in [6.45, 7) is 2.84. The summed E-state index contributed by atoms with van der Waals surface area (Å²) < 4.78 is 9.83. The third kappa shape index (κ3) is 5.68. The maximum absolute atomic E-state index is 10.4. The molecule has 0 radical (unpaired) electrons. The number of nitrogen functional groups attached to an aromatic ring is 1. The monoisotopic (exact) mass is 271 g/mol. The van der Waals surface area contributed by atoms with Crippen molar-refractivity contribution in [3.05, 3.63) is 0 Å². The second-order valence-corrected chi connectivity index (χ2v) is 3.35. The third-order valence-electron chi connectivity index (χ3n) is 1.81. The number of nitrogens with two attached hydrogens (primary N) is 2. The molecule has 10 heteroatoms. The van der Waals surface area contributed by atoms with Crippen LogP contribution < -0.4 is 27.1 Å². The van der Waals surface area contributed by atoms with E-state index in [4.69, 9.17) is 16.3 Å². The molecule has 1 aromatic rings. The molecule has 106 valence electrons. The molecule has 19 heavy (non-hydrogen) atoms. The van der Waals surface area contributed by atoms with Crippen molar-refractivity contribution in [1.82, 2.24) is 15.0 Å². The van der Waals surface area contributed by atoms with Gasteiger partial charge in [-0.05, 0) is 6.42 Å². The van der Waals surface area contributed by atoms with Crippen LogP contribution in [0.25, 0.3) is 0 Å². The SMILES string of the molecule is CCCOc1nc(NN)nc(NCCOC(N)=O)n1. The average Bonchev–Trinajstić information content (AvgIpc) is 2.41. The Morgan fingerprint density at radius 2 is 2.00 bits per heavy atom. The summed E-state index contributed by atoms with van der Waals surface area (Å²) >= 11 is 0. The van der Waals surface area contributed by atoms with E-state index in [2.05, 4.69) is 30.4 Å². The molecule has 0 bridgehead atoms. The van der Waals surface area contributed by atoms with Gasteiger partial charge in [0.2, 0.25) is 11.9 Å². The minimum absolute atomic E-state index is 0.0948. The van der Waals surface area contributed by atoms with Gasteiger partial charge >= 0.3 is 12.1 Å². The first-order valence-electron chi connectivity index (χ1n) is 5.67. The molecule has 0 fully saturated rings. The van der Waals surface area contributed by atoms with Gasteiger partial charge in [-0.2, -0.15) is 15.0 Å². The Kier molecular flexibility index (Phi) is 6.09. The molecule has 10 nitrogen and oxygen atoms in total. The molecule has 1 aromatic heterocycles. The standard InChI is InChI=1S/C9H17N7O3/c1-2-4-19-9-14-7(13-8(15-9)16-11)12-3-5-18-6(10)17/h2-5,11H2,1H3,(H2,10,17)(H2,12,13,14,15,16). The van der Waals surface area contributed by atoms with Crippen molar-refractivity contribution >= 4 is 18.0 Å². The lowest BCUT2D eigenvalue weighted by Gasteiger charge is -2.08. The first-order valence-corrected chi connectivity index (χ1v) is 5.67. The molecule has 0 aliphatic heterocycles. The molecule has 0 aromatic carbocycles. The first-order chi connectivity index (χ1) is 9.15. The van der Waals surface area contributed by atoms with Gasteiger partial charge in [-0.3, -0.25) is 5.43 Å². The number of carbonyl (C=O) groups excluding carboxylic acids is 1. The van der Waals surface area contributed by atoms with E-state index >= 15 is 0 Å². The third-order valence-corrected chi connectivity index (χ3v) is 1.81. The molecule has 0 saturated heterocycles. The maximum Gasteiger partial charge on any atom is 0.404 e. The number of nitrogens with zero attached hydrogens (tertiary/aromatic N) is 3. The highest BCUT2D eigenvalue weighted by Gasteiger charge is 2.06. The van der Waals surface area contributed by atoms with Crippen molar-refractivity contribution in [2.24, 2.45) is 11.6 Å². The number of aromatic nitrogens is 3. The van der Waals surface area contributed by atoms with Gasteiger partial charge in [-0.1, -0.05) is 6.92 Å². The number of amides is 1. The van der Waals surface area contributed by atoms with Crippen molar-refractivity contribution in [2.75, 3.05) is 30.5 Å².